The highest BCUT2D eigenvalue weighted by atomic mass is 35.5. The van der Waals surface area contributed by atoms with E-state index in [2.05, 4.69) is 47.7 Å². The van der Waals surface area contributed by atoms with Gasteiger partial charge in [0.25, 0.3) is 0 Å². The Morgan fingerprint density at radius 2 is 2.00 bits per heavy atom. The van der Waals surface area contributed by atoms with Crippen molar-refractivity contribution in [2.24, 2.45) is 0 Å². The van der Waals surface area contributed by atoms with Gasteiger partial charge < -0.3 is 9.80 Å². The van der Waals surface area contributed by atoms with Crippen molar-refractivity contribution in [1.29, 1.82) is 0 Å². The largest absolute Gasteiger partial charge is 0.353 e. The van der Waals surface area contributed by atoms with Crippen LogP contribution in [0.1, 0.15) is 19.7 Å². The van der Waals surface area contributed by atoms with Crippen LogP contribution < -0.4 is 4.90 Å². The van der Waals surface area contributed by atoms with Gasteiger partial charge in [0.05, 0.1) is 0 Å². The molecule has 1 heterocycles. The first kappa shape index (κ1) is 14.2. The van der Waals surface area contributed by atoms with Crippen molar-refractivity contribution in [2.75, 3.05) is 32.1 Å². The molecular weight excluding hydrogens is 236 g/mol. The average Bonchev–Trinajstić information content (AvgIpc) is 2.15. The predicted octanol–water partition coefficient (Wildman–Crippen LogP) is 2.21. The minimum atomic E-state index is 0.389. The SMILES string of the molecule is CCN(c1cc(Cl)nc(C)n1)C(C)CN(C)C. The molecule has 0 N–H and O–H groups in total. The molecule has 1 atom stereocenters. The average molecular weight is 257 g/mol. The third-order valence-electron chi connectivity index (χ3n) is 2.59. The Morgan fingerprint density at radius 3 is 2.47 bits per heavy atom. The Bertz CT molecular complexity index is 347. The lowest BCUT2D eigenvalue weighted by molar-refractivity contribution is 0.372. The first-order chi connectivity index (χ1) is 7.93. The Labute approximate surface area is 109 Å². The van der Waals surface area contributed by atoms with Crippen LogP contribution in [0.2, 0.25) is 5.15 Å². The molecule has 17 heavy (non-hydrogen) atoms. The summed E-state index contributed by atoms with van der Waals surface area (Å²) < 4.78 is 0. The van der Waals surface area contributed by atoms with Crippen LogP contribution in [-0.4, -0.2) is 48.1 Å². The van der Waals surface area contributed by atoms with E-state index in [1.165, 1.54) is 0 Å². The third kappa shape index (κ3) is 4.13. The quantitative estimate of drug-likeness (QED) is 0.757. The Kier molecular flexibility index (Phi) is 5.15. The monoisotopic (exact) mass is 256 g/mol. The summed E-state index contributed by atoms with van der Waals surface area (Å²) in [6, 6.07) is 2.21. The molecule has 1 aromatic rings. The molecule has 0 radical (unpaired) electrons. The zero-order valence-corrected chi connectivity index (χ0v) is 12.0. The lowest BCUT2D eigenvalue weighted by atomic mass is 10.2. The molecule has 4 nitrogen and oxygen atoms in total. The molecule has 96 valence electrons. The van der Waals surface area contributed by atoms with Gasteiger partial charge in [-0.25, -0.2) is 9.97 Å². The summed E-state index contributed by atoms with van der Waals surface area (Å²) >= 11 is 5.97. The number of hydrogen-bond acceptors (Lipinski definition) is 4. The molecule has 0 amide bonds. The van der Waals surface area contributed by atoms with Gasteiger partial charge in [-0.3, -0.25) is 0 Å². The van der Waals surface area contributed by atoms with Crippen LogP contribution in [0.5, 0.6) is 0 Å². The van der Waals surface area contributed by atoms with Gasteiger partial charge in [-0.05, 0) is 34.9 Å². The van der Waals surface area contributed by atoms with Crippen molar-refractivity contribution < 1.29 is 0 Å². The summed E-state index contributed by atoms with van der Waals surface area (Å²) in [4.78, 5) is 12.9. The normalized spacial score (nSPS) is 12.9. The summed E-state index contributed by atoms with van der Waals surface area (Å²) in [5.74, 6) is 1.61. The van der Waals surface area contributed by atoms with E-state index in [0.717, 1.165) is 18.9 Å². The molecule has 5 heteroatoms. The topological polar surface area (TPSA) is 32.3 Å². The van der Waals surface area contributed by atoms with Crippen LogP contribution in [0.3, 0.4) is 0 Å². The van der Waals surface area contributed by atoms with Gasteiger partial charge in [0.15, 0.2) is 0 Å². The van der Waals surface area contributed by atoms with Gasteiger partial charge in [0.1, 0.15) is 16.8 Å². The molecule has 0 fully saturated rings. The van der Waals surface area contributed by atoms with Crippen molar-refractivity contribution in [3.8, 4) is 0 Å². The van der Waals surface area contributed by atoms with Crippen LogP contribution in [-0.2, 0) is 0 Å². The third-order valence-corrected chi connectivity index (χ3v) is 2.78. The highest BCUT2D eigenvalue weighted by Crippen LogP contribution is 2.18. The summed E-state index contributed by atoms with van der Waals surface area (Å²) in [5.41, 5.74) is 0. The number of rotatable bonds is 5. The number of nitrogens with zero attached hydrogens (tertiary/aromatic N) is 4. The molecule has 1 unspecified atom stereocenters. The van der Waals surface area contributed by atoms with Crippen molar-refractivity contribution in [3.63, 3.8) is 0 Å². The molecule has 0 saturated carbocycles. The number of aryl methyl sites for hydroxylation is 1. The Hall–Kier alpha value is -0.870. The fraction of sp³-hybridized carbons (Fsp3) is 0.667. The minimum absolute atomic E-state index is 0.389. The molecular formula is C12H21ClN4. The van der Waals surface area contributed by atoms with E-state index in [4.69, 9.17) is 11.6 Å². The number of aromatic nitrogens is 2. The second-order valence-electron chi connectivity index (χ2n) is 4.49. The van der Waals surface area contributed by atoms with E-state index in [-0.39, 0.29) is 0 Å². The molecule has 0 bridgehead atoms. The van der Waals surface area contributed by atoms with E-state index < -0.39 is 0 Å². The van der Waals surface area contributed by atoms with Crippen LogP contribution >= 0.6 is 11.6 Å². The van der Waals surface area contributed by atoms with Gasteiger partial charge in [0, 0.05) is 25.2 Å². The van der Waals surface area contributed by atoms with Gasteiger partial charge in [-0.15, -0.1) is 0 Å². The number of halogens is 1. The Morgan fingerprint density at radius 1 is 1.35 bits per heavy atom. The summed E-state index contributed by atoms with van der Waals surface area (Å²) in [6.45, 7) is 8.06. The van der Waals surface area contributed by atoms with Crippen LogP contribution in [0.4, 0.5) is 5.82 Å². The molecule has 0 aliphatic heterocycles. The second-order valence-corrected chi connectivity index (χ2v) is 4.88. The van der Waals surface area contributed by atoms with E-state index in [1.54, 1.807) is 0 Å². The van der Waals surface area contributed by atoms with Crippen molar-refractivity contribution in [3.05, 3.63) is 17.0 Å². The maximum absolute atomic E-state index is 5.97. The summed E-state index contributed by atoms with van der Waals surface area (Å²) in [5, 5.41) is 0.503. The first-order valence-corrected chi connectivity index (χ1v) is 6.24. The first-order valence-electron chi connectivity index (χ1n) is 5.86. The van der Waals surface area contributed by atoms with Crippen molar-refractivity contribution in [2.45, 2.75) is 26.8 Å². The van der Waals surface area contributed by atoms with Crippen molar-refractivity contribution in [1.82, 2.24) is 14.9 Å². The zero-order valence-electron chi connectivity index (χ0n) is 11.2. The number of likely N-dealkylation sites (N-methyl/N-ethyl adjacent to an activating group) is 2. The van der Waals surface area contributed by atoms with Gasteiger partial charge >= 0.3 is 0 Å². The maximum atomic E-state index is 5.97. The fourth-order valence-corrected chi connectivity index (χ4v) is 2.21. The van der Waals surface area contributed by atoms with Gasteiger partial charge in [-0.1, -0.05) is 11.6 Å². The molecule has 0 saturated heterocycles. The van der Waals surface area contributed by atoms with Crippen LogP contribution in [0.25, 0.3) is 0 Å². The molecule has 1 aromatic heterocycles. The summed E-state index contributed by atoms with van der Waals surface area (Å²) in [7, 11) is 4.14. The Balaban J connectivity index is 2.92. The lowest BCUT2D eigenvalue weighted by Gasteiger charge is -2.31. The smallest absolute Gasteiger partial charge is 0.134 e. The van der Waals surface area contributed by atoms with Crippen molar-refractivity contribution >= 4 is 17.4 Å². The molecule has 0 spiro atoms. The second kappa shape index (κ2) is 6.17. The van der Waals surface area contributed by atoms with E-state index in [9.17, 15) is 0 Å². The number of hydrogen-bond donors (Lipinski definition) is 0. The van der Waals surface area contributed by atoms with E-state index in [1.807, 2.05) is 13.0 Å². The van der Waals surface area contributed by atoms with Crippen LogP contribution in [0.15, 0.2) is 6.07 Å². The summed E-state index contributed by atoms with van der Waals surface area (Å²) in [6.07, 6.45) is 0. The van der Waals surface area contributed by atoms with Gasteiger partial charge in [0.2, 0.25) is 0 Å². The molecule has 0 aromatic carbocycles. The van der Waals surface area contributed by atoms with E-state index >= 15 is 0 Å². The van der Waals surface area contributed by atoms with E-state index in [0.29, 0.717) is 17.0 Å². The minimum Gasteiger partial charge on any atom is -0.353 e. The molecule has 1 rings (SSSR count). The highest BCUT2D eigenvalue weighted by Gasteiger charge is 2.15. The predicted molar refractivity (Wildman–Crippen MR) is 72.8 cm³/mol. The zero-order chi connectivity index (χ0) is 13.0. The maximum Gasteiger partial charge on any atom is 0.134 e. The van der Waals surface area contributed by atoms with Gasteiger partial charge in [-0.2, -0.15) is 0 Å². The highest BCUT2D eigenvalue weighted by molar-refractivity contribution is 6.29. The number of anilines is 1. The van der Waals surface area contributed by atoms with Crippen LogP contribution in [0, 0.1) is 6.92 Å². The molecule has 0 aliphatic carbocycles. The standard InChI is InChI=1S/C12H21ClN4/c1-6-17(9(2)8-16(4)5)12-7-11(13)14-10(3)15-12/h7,9H,6,8H2,1-5H3. The molecule has 0 aliphatic rings. The fourth-order valence-electron chi connectivity index (χ4n) is 1.99. The lowest BCUT2D eigenvalue weighted by Crippen LogP contribution is -2.40.